The van der Waals surface area contributed by atoms with Gasteiger partial charge in [-0.05, 0) is 36.4 Å². The molecular formula is C20H23NO5. The highest BCUT2D eigenvalue weighted by atomic mass is 16.5. The van der Waals surface area contributed by atoms with Crippen molar-refractivity contribution in [1.82, 2.24) is 4.90 Å². The van der Waals surface area contributed by atoms with Gasteiger partial charge in [0.25, 0.3) is 5.91 Å². The molecule has 0 aliphatic carbocycles. The number of nitrogens with zero attached hydrogens (tertiary/aromatic N) is 1. The van der Waals surface area contributed by atoms with E-state index < -0.39 is 0 Å². The van der Waals surface area contributed by atoms with Crippen LogP contribution in [0, 0.1) is 0 Å². The van der Waals surface area contributed by atoms with Crippen LogP contribution in [0.2, 0.25) is 0 Å². The highest BCUT2D eigenvalue weighted by Crippen LogP contribution is 2.26. The second-order valence-corrected chi connectivity index (χ2v) is 5.93. The predicted octanol–water partition coefficient (Wildman–Crippen LogP) is 2.62. The molecule has 1 atom stereocenters. The van der Waals surface area contributed by atoms with Crippen LogP contribution in [0.25, 0.3) is 0 Å². The maximum atomic E-state index is 12.7. The molecule has 1 aliphatic rings. The van der Waals surface area contributed by atoms with Crippen molar-refractivity contribution in [2.45, 2.75) is 6.10 Å². The predicted molar refractivity (Wildman–Crippen MR) is 97.1 cm³/mol. The Hall–Kier alpha value is -2.73. The van der Waals surface area contributed by atoms with Gasteiger partial charge in [0, 0.05) is 12.1 Å². The monoisotopic (exact) mass is 357 g/mol. The van der Waals surface area contributed by atoms with Crippen LogP contribution in [-0.4, -0.2) is 57.4 Å². The Bertz CT molecular complexity index is 731. The summed E-state index contributed by atoms with van der Waals surface area (Å²) in [5.41, 5.74) is 0.636. The molecular weight excluding hydrogens is 334 g/mol. The minimum atomic E-state index is -0.184. The smallest absolute Gasteiger partial charge is 0.254 e. The Kier molecular flexibility index (Phi) is 5.96. The van der Waals surface area contributed by atoms with Gasteiger partial charge in [0.05, 0.1) is 27.4 Å². The van der Waals surface area contributed by atoms with Gasteiger partial charge in [-0.3, -0.25) is 4.79 Å². The Labute approximate surface area is 153 Å². The lowest BCUT2D eigenvalue weighted by atomic mass is 10.1. The lowest BCUT2D eigenvalue weighted by Gasteiger charge is -2.33. The number of hydrogen-bond donors (Lipinski definition) is 0. The summed E-state index contributed by atoms with van der Waals surface area (Å²) in [5.74, 6) is 2.05. The van der Waals surface area contributed by atoms with Crippen LogP contribution in [0.4, 0.5) is 0 Å². The summed E-state index contributed by atoms with van der Waals surface area (Å²) in [4.78, 5) is 14.5. The van der Waals surface area contributed by atoms with E-state index in [1.165, 1.54) is 0 Å². The summed E-state index contributed by atoms with van der Waals surface area (Å²) in [6, 6.07) is 14.6. The number of morpholine rings is 1. The zero-order valence-electron chi connectivity index (χ0n) is 15.0. The lowest BCUT2D eigenvalue weighted by molar-refractivity contribution is -0.0403. The van der Waals surface area contributed by atoms with Gasteiger partial charge in [-0.15, -0.1) is 0 Å². The van der Waals surface area contributed by atoms with Gasteiger partial charge < -0.3 is 23.8 Å². The molecule has 26 heavy (non-hydrogen) atoms. The summed E-state index contributed by atoms with van der Waals surface area (Å²) in [7, 11) is 3.21. The number of ether oxygens (including phenoxy) is 4. The van der Waals surface area contributed by atoms with Crippen molar-refractivity contribution in [2.75, 3.05) is 40.5 Å². The number of para-hydroxylation sites is 2. The fraction of sp³-hybridized carbons (Fsp3) is 0.350. The molecule has 0 radical (unpaired) electrons. The first-order valence-electron chi connectivity index (χ1n) is 8.52. The third kappa shape index (κ3) is 4.26. The van der Waals surface area contributed by atoms with Crippen LogP contribution in [0.5, 0.6) is 17.2 Å². The summed E-state index contributed by atoms with van der Waals surface area (Å²) in [6.07, 6.45) is -0.184. The molecule has 0 spiro atoms. The molecule has 1 heterocycles. The van der Waals surface area contributed by atoms with E-state index in [1.54, 1.807) is 43.4 Å². The SMILES string of the molecule is COc1ccc(C(=O)N2CCO[C@@H](COc3ccccc3OC)C2)cc1. The molecule has 2 aromatic rings. The number of amides is 1. The number of benzene rings is 2. The maximum absolute atomic E-state index is 12.7. The fourth-order valence-electron chi connectivity index (χ4n) is 2.84. The number of carbonyl (C=O) groups excluding carboxylic acids is 1. The molecule has 1 saturated heterocycles. The van der Waals surface area contributed by atoms with Crippen molar-refractivity contribution in [3.63, 3.8) is 0 Å². The molecule has 1 fully saturated rings. The Morgan fingerprint density at radius 1 is 1.08 bits per heavy atom. The van der Waals surface area contributed by atoms with E-state index in [-0.39, 0.29) is 12.0 Å². The first kappa shape index (κ1) is 18.1. The highest BCUT2D eigenvalue weighted by molar-refractivity contribution is 5.94. The molecule has 0 N–H and O–H groups in total. The molecule has 1 aliphatic heterocycles. The second kappa shape index (κ2) is 8.58. The van der Waals surface area contributed by atoms with Crippen LogP contribution in [0.3, 0.4) is 0 Å². The molecule has 0 bridgehead atoms. The Morgan fingerprint density at radius 2 is 1.81 bits per heavy atom. The topological polar surface area (TPSA) is 57.2 Å². The summed E-state index contributed by atoms with van der Waals surface area (Å²) >= 11 is 0. The zero-order valence-corrected chi connectivity index (χ0v) is 15.0. The lowest BCUT2D eigenvalue weighted by Crippen LogP contribution is -2.47. The van der Waals surface area contributed by atoms with Gasteiger partial charge in [-0.1, -0.05) is 12.1 Å². The van der Waals surface area contributed by atoms with Gasteiger partial charge in [0.2, 0.25) is 0 Å². The van der Waals surface area contributed by atoms with E-state index in [0.717, 1.165) is 5.75 Å². The third-order valence-corrected chi connectivity index (χ3v) is 4.26. The van der Waals surface area contributed by atoms with Gasteiger partial charge in [0.15, 0.2) is 11.5 Å². The van der Waals surface area contributed by atoms with Crippen LogP contribution in [0.15, 0.2) is 48.5 Å². The van der Waals surface area contributed by atoms with Crippen LogP contribution in [0.1, 0.15) is 10.4 Å². The number of methoxy groups -OCH3 is 2. The van der Waals surface area contributed by atoms with Crippen LogP contribution in [-0.2, 0) is 4.74 Å². The molecule has 138 valence electrons. The third-order valence-electron chi connectivity index (χ3n) is 4.26. The van der Waals surface area contributed by atoms with Crippen LogP contribution >= 0.6 is 0 Å². The van der Waals surface area contributed by atoms with Crippen molar-refractivity contribution < 1.29 is 23.7 Å². The number of carbonyl (C=O) groups is 1. The Balaban J connectivity index is 1.59. The van der Waals surface area contributed by atoms with E-state index >= 15 is 0 Å². The molecule has 2 aromatic carbocycles. The van der Waals surface area contributed by atoms with E-state index in [2.05, 4.69) is 0 Å². The van der Waals surface area contributed by atoms with E-state index in [1.807, 2.05) is 24.3 Å². The minimum absolute atomic E-state index is 0.0155. The molecule has 0 aromatic heterocycles. The first-order chi connectivity index (χ1) is 12.7. The highest BCUT2D eigenvalue weighted by Gasteiger charge is 2.25. The van der Waals surface area contributed by atoms with E-state index in [9.17, 15) is 4.79 Å². The normalized spacial score (nSPS) is 16.8. The van der Waals surface area contributed by atoms with Crippen LogP contribution < -0.4 is 14.2 Å². The van der Waals surface area contributed by atoms with Gasteiger partial charge >= 0.3 is 0 Å². The standard InChI is InChI=1S/C20H23NO5/c1-23-16-9-7-15(8-10-16)20(22)21-11-12-25-17(13-21)14-26-19-6-4-3-5-18(19)24-2/h3-10,17H,11-14H2,1-2H3/t17-/m1/s1. The summed E-state index contributed by atoms with van der Waals surface area (Å²) in [5, 5.41) is 0. The summed E-state index contributed by atoms with van der Waals surface area (Å²) in [6.45, 7) is 1.89. The molecule has 6 nitrogen and oxygen atoms in total. The fourth-order valence-corrected chi connectivity index (χ4v) is 2.84. The number of rotatable bonds is 6. The Morgan fingerprint density at radius 3 is 2.50 bits per heavy atom. The maximum Gasteiger partial charge on any atom is 0.254 e. The summed E-state index contributed by atoms with van der Waals surface area (Å²) < 4.78 is 22.0. The molecule has 0 unspecified atom stereocenters. The van der Waals surface area contributed by atoms with Gasteiger partial charge in [-0.25, -0.2) is 0 Å². The molecule has 3 rings (SSSR count). The van der Waals surface area contributed by atoms with Crippen molar-refractivity contribution in [1.29, 1.82) is 0 Å². The van der Waals surface area contributed by atoms with Crippen molar-refractivity contribution >= 4 is 5.91 Å². The molecule has 6 heteroatoms. The van der Waals surface area contributed by atoms with E-state index in [0.29, 0.717) is 43.4 Å². The zero-order chi connectivity index (χ0) is 18.4. The van der Waals surface area contributed by atoms with Crippen molar-refractivity contribution in [2.24, 2.45) is 0 Å². The quantitative estimate of drug-likeness (QED) is 0.795. The van der Waals surface area contributed by atoms with Gasteiger partial charge in [0.1, 0.15) is 18.5 Å². The van der Waals surface area contributed by atoms with E-state index in [4.69, 9.17) is 18.9 Å². The van der Waals surface area contributed by atoms with Crippen molar-refractivity contribution in [3.8, 4) is 17.2 Å². The second-order valence-electron chi connectivity index (χ2n) is 5.93. The first-order valence-corrected chi connectivity index (χ1v) is 8.52. The molecule has 0 saturated carbocycles. The largest absolute Gasteiger partial charge is 0.497 e. The van der Waals surface area contributed by atoms with Crippen molar-refractivity contribution in [3.05, 3.63) is 54.1 Å². The average Bonchev–Trinajstić information content (AvgIpc) is 2.72. The number of hydrogen-bond acceptors (Lipinski definition) is 5. The average molecular weight is 357 g/mol. The molecule has 1 amide bonds. The van der Waals surface area contributed by atoms with Gasteiger partial charge in [-0.2, -0.15) is 0 Å². The minimum Gasteiger partial charge on any atom is -0.497 e.